The maximum Gasteiger partial charge on any atom is 0.258 e. The van der Waals surface area contributed by atoms with Gasteiger partial charge in [-0.05, 0) is 65.7 Å². The van der Waals surface area contributed by atoms with E-state index in [0.717, 1.165) is 30.1 Å². The molecule has 4 nitrogen and oxygen atoms in total. The van der Waals surface area contributed by atoms with Crippen molar-refractivity contribution in [1.82, 2.24) is 10.1 Å². The molecule has 0 bridgehead atoms. The molecule has 0 unspecified atom stereocenters. The van der Waals surface area contributed by atoms with Gasteiger partial charge in [0.05, 0.1) is 4.47 Å². The van der Waals surface area contributed by atoms with Crippen molar-refractivity contribution >= 4 is 15.9 Å². The fourth-order valence-corrected chi connectivity index (χ4v) is 3.24. The predicted octanol–water partition coefficient (Wildman–Crippen LogP) is 4.89. The van der Waals surface area contributed by atoms with Crippen LogP contribution in [0, 0.1) is 5.92 Å². The highest BCUT2D eigenvalue weighted by atomic mass is 79.9. The summed E-state index contributed by atoms with van der Waals surface area (Å²) >= 11 is 3.27. The van der Waals surface area contributed by atoms with E-state index in [1.54, 1.807) is 12.1 Å². The van der Waals surface area contributed by atoms with Gasteiger partial charge in [0, 0.05) is 11.5 Å². The third-order valence-corrected chi connectivity index (χ3v) is 5.09. The molecule has 112 valence electrons. The van der Waals surface area contributed by atoms with Gasteiger partial charge in [-0.2, -0.15) is 4.98 Å². The second kappa shape index (κ2) is 6.18. The van der Waals surface area contributed by atoms with E-state index >= 15 is 0 Å². The molecule has 1 saturated carbocycles. The molecule has 0 atom stereocenters. The van der Waals surface area contributed by atoms with Gasteiger partial charge >= 0.3 is 0 Å². The van der Waals surface area contributed by atoms with Gasteiger partial charge in [0.25, 0.3) is 5.89 Å². The summed E-state index contributed by atoms with van der Waals surface area (Å²) in [7, 11) is 0. The van der Waals surface area contributed by atoms with Crippen LogP contribution in [0.4, 0.5) is 0 Å². The first kappa shape index (κ1) is 14.6. The summed E-state index contributed by atoms with van der Waals surface area (Å²) in [6.07, 6.45) is 6.06. The van der Waals surface area contributed by atoms with Crippen LogP contribution >= 0.6 is 15.9 Å². The van der Waals surface area contributed by atoms with E-state index < -0.39 is 0 Å². The zero-order chi connectivity index (χ0) is 14.8. The molecule has 0 aliphatic heterocycles. The van der Waals surface area contributed by atoms with E-state index in [0.29, 0.717) is 16.3 Å². The molecule has 0 amide bonds. The van der Waals surface area contributed by atoms with Crippen LogP contribution in [0.15, 0.2) is 27.2 Å². The van der Waals surface area contributed by atoms with Gasteiger partial charge in [-0.1, -0.05) is 18.5 Å². The molecule has 1 heterocycles. The van der Waals surface area contributed by atoms with Crippen LogP contribution in [0.3, 0.4) is 0 Å². The summed E-state index contributed by atoms with van der Waals surface area (Å²) < 4.78 is 6.02. The Balaban J connectivity index is 1.76. The lowest BCUT2D eigenvalue weighted by molar-refractivity contribution is 0.305. The molecule has 1 N–H and O–H groups in total. The van der Waals surface area contributed by atoms with Crippen molar-refractivity contribution < 1.29 is 9.63 Å². The molecule has 0 spiro atoms. The first-order chi connectivity index (χ1) is 10.2. The summed E-state index contributed by atoms with van der Waals surface area (Å²) in [5.41, 5.74) is 0.747. The third-order valence-electron chi connectivity index (χ3n) is 4.42. The number of aromatic hydroxyl groups is 1. The molecule has 1 aliphatic rings. The highest BCUT2D eigenvalue weighted by Gasteiger charge is 2.25. The Bertz CT molecular complexity index is 618. The minimum Gasteiger partial charge on any atom is -0.507 e. The van der Waals surface area contributed by atoms with Gasteiger partial charge in [-0.25, -0.2) is 0 Å². The summed E-state index contributed by atoms with van der Waals surface area (Å²) in [6, 6.07) is 5.27. The van der Waals surface area contributed by atoms with E-state index in [9.17, 15) is 5.11 Å². The van der Waals surface area contributed by atoms with Crippen LogP contribution in [0.25, 0.3) is 11.5 Å². The maximum atomic E-state index is 9.74. The molecule has 0 radical (unpaired) electrons. The average Bonchev–Trinajstić information content (AvgIpc) is 3.00. The molecule has 3 rings (SSSR count). The highest BCUT2D eigenvalue weighted by molar-refractivity contribution is 9.10. The number of hydrogen-bond donors (Lipinski definition) is 1. The highest BCUT2D eigenvalue weighted by Crippen LogP contribution is 2.36. The largest absolute Gasteiger partial charge is 0.507 e. The van der Waals surface area contributed by atoms with Crippen LogP contribution < -0.4 is 0 Å². The number of phenolic OH excluding ortho intramolecular Hbond substituents is 1. The van der Waals surface area contributed by atoms with Crippen molar-refractivity contribution in [3.8, 4) is 17.2 Å². The molecule has 1 fully saturated rings. The molecule has 5 heteroatoms. The smallest absolute Gasteiger partial charge is 0.258 e. The van der Waals surface area contributed by atoms with Crippen LogP contribution in [0.1, 0.15) is 50.8 Å². The van der Waals surface area contributed by atoms with Crippen molar-refractivity contribution in [3.05, 3.63) is 28.5 Å². The number of aromatic nitrogens is 2. The fraction of sp³-hybridized carbons (Fsp3) is 0.500. The number of phenols is 1. The Morgan fingerprint density at radius 2 is 2.05 bits per heavy atom. The Kier molecular flexibility index (Phi) is 4.29. The van der Waals surface area contributed by atoms with Gasteiger partial charge < -0.3 is 9.63 Å². The number of halogens is 1. The minimum atomic E-state index is 0.177. The second-order valence-electron chi connectivity index (χ2n) is 5.75. The predicted molar refractivity (Wildman–Crippen MR) is 84.1 cm³/mol. The molecule has 21 heavy (non-hydrogen) atoms. The lowest BCUT2D eigenvalue weighted by Crippen LogP contribution is -2.13. The maximum absolute atomic E-state index is 9.74. The van der Waals surface area contributed by atoms with Crippen molar-refractivity contribution in [2.45, 2.75) is 44.9 Å². The molecule has 1 aromatic heterocycles. The summed E-state index contributed by atoms with van der Waals surface area (Å²) in [5.74, 6) is 2.73. The first-order valence-electron chi connectivity index (χ1n) is 7.50. The van der Waals surface area contributed by atoms with E-state index in [2.05, 4.69) is 33.0 Å². The molecule has 1 aliphatic carbocycles. The normalized spacial score (nSPS) is 22.4. The number of rotatable bonds is 3. The average molecular weight is 351 g/mol. The second-order valence-corrected chi connectivity index (χ2v) is 6.60. The van der Waals surface area contributed by atoms with Gasteiger partial charge in [0.2, 0.25) is 0 Å². The van der Waals surface area contributed by atoms with Crippen molar-refractivity contribution in [1.29, 1.82) is 0 Å². The number of hydrogen-bond acceptors (Lipinski definition) is 4. The van der Waals surface area contributed by atoms with E-state index in [1.165, 1.54) is 19.3 Å². The first-order valence-corrected chi connectivity index (χ1v) is 8.29. The van der Waals surface area contributed by atoms with Crippen molar-refractivity contribution in [2.75, 3.05) is 0 Å². The van der Waals surface area contributed by atoms with Crippen LogP contribution in [0.2, 0.25) is 0 Å². The Labute approximate surface area is 132 Å². The molecule has 1 aromatic carbocycles. The summed E-state index contributed by atoms with van der Waals surface area (Å²) in [4.78, 5) is 4.52. The lowest BCUT2D eigenvalue weighted by atomic mass is 9.80. The standard InChI is InChI=1S/C16H19BrN2O2/c1-2-10-3-5-11(6-4-10)15-18-16(21-19-15)12-7-8-13(17)14(20)9-12/h7-11,20H,2-6H2,1H3. The minimum absolute atomic E-state index is 0.177. The third kappa shape index (κ3) is 3.12. The Morgan fingerprint density at radius 1 is 1.29 bits per heavy atom. The number of benzene rings is 1. The van der Waals surface area contributed by atoms with E-state index in [4.69, 9.17) is 4.52 Å². The molecular formula is C16H19BrN2O2. The molecule has 2 aromatic rings. The van der Waals surface area contributed by atoms with Crippen molar-refractivity contribution in [2.24, 2.45) is 5.92 Å². The molecular weight excluding hydrogens is 332 g/mol. The quantitative estimate of drug-likeness (QED) is 0.855. The SMILES string of the molecule is CCC1CCC(c2noc(-c3ccc(Br)c(O)c3)n2)CC1. The molecule has 0 saturated heterocycles. The van der Waals surface area contributed by atoms with Crippen LogP contribution in [-0.4, -0.2) is 15.2 Å². The topological polar surface area (TPSA) is 59.2 Å². The van der Waals surface area contributed by atoms with E-state index in [1.807, 2.05) is 6.07 Å². The Hall–Kier alpha value is -1.36. The zero-order valence-corrected chi connectivity index (χ0v) is 13.6. The summed E-state index contributed by atoms with van der Waals surface area (Å²) in [6.45, 7) is 2.26. The Morgan fingerprint density at radius 3 is 2.71 bits per heavy atom. The van der Waals surface area contributed by atoms with Crippen LogP contribution in [-0.2, 0) is 0 Å². The van der Waals surface area contributed by atoms with E-state index in [-0.39, 0.29) is 5.75 Å². The lowest BCUT2D eigenvalue weighted by Gasteiger charge is -2.25. The van der Waals surface area contributed by atoms with Gasteiger partial charge in [-0.15, -0.1) is 0 Å². The van der Waals surface area contributed by atoms with Crippen LogP contribution in [0.5, 0.6) is 5.75 Å². The number of nitrogens with zero attached hydrogens (tertiary/aromatic N) is 2. The van der Waals surface area contributed by atoms with Crippen molar-refractivity contribution in [3.63, 3.8) is 0 Å². The van der Waals surface area contributed by atoms with Gasteiger partial charge in [0.15, 0.2) is 5.82 Å². The summed E-state index contributed by atoms with van der Waals surface area (Å²) in [5, 5.41) is 13.9. The zero-order valence-electron chi connectivity index (χ0n) is 12.1. The van der Waals surface area contributed by atoms with Gasteiger partial charge in [-0.3, -0.25) is 0 Å². The van der Waals surface area contributed by atoms with Gasteiger partial charge in [0.1, 0.15) is 5.75 Å². The fourth-order valence-electron chi connectivity index (χ4n) is 2.99. The monoisotopic (exact) mass is 350 g/mol.